The SMILES string of the molecule is COc1cc2c(c(OC)c1OC)-c1ccc(N[C@H](C(=O)N3CCO[C@H](c4ccccc4)C3)C(C)C)c(=O)cc1[C@@H](NC(C)=O)CC2. The highest BCUT2D eigenvalue weighted by Gasteiger charge is 2.33. The normalized spacial score (nSPS) is 18.0. The van der Waals surface area contributed by atoms with Gasteiger partial charge < -0.3 is 34.5 Å². The fourth-order valence-electron chi connectivity index (χ4n) is 6.42. The summed E-state index contributed by atoms with van der Waals surface area (Å²) in [4.78, 5) is 42.0. The molecule has 46 heavy (non-hydrogen) atoms. The Balaban J connectivity index is 1.55. The van der Waals surface area contributed by atoms with E-state index in [-0.39, 0.29) is 35.0 Å². The van der Waals surface area contributed by atoms with Gasteiger partial charge >= 0.3 is 0 Å². The molecular formula is C36H43N3O7. The van der Waals surface area contributed by atoms with Gasteiger partial charge in [0.05, 0.1) is 46.2 Å². The van der Waals surface area contributed by atoms with Crippen molar-refractivity contribution in [3.8, 4) is 28.4 Å². The number of amides is 2. The Morgan fingerprint density at radius 2 is 1.72 bits per heavy atom. The molecule has 0 aromatic heterocycles. The minimum atomic E-state index is -0.651. The first-order valence-corrected chi connectivity index (χ1v) is 15.7. The monoisotopic (exact) mass is 629 g/mol. The van der Waals surface area contributed by atoms with Crippen LogP contribution in [-0.4, -0.2) is 63.8 Å². The number of carbonyl (C=O) groups is 2. The molecule has 1 aliphatic carbocycles. The molecule has 0 saturated carbocycles. The first-order chi connectivity index (χ1) is 22.2. The van der Waals surface area contributed by atoms with E-state index in [4.69, 9.17) is 18.9 Å². The number of carbonyl (C=O) groups excluding carboxylic acids is 2. The van der Waals surface area contributed by atoms with Crippen molar-refractivity contribution in [3.05, 3.63) is 81.5 Å². The molecule has 1 fully saturated rings. The summed E-state index contributed by atoms with van der Waals surface area (Å²) in [6, 6.07) is 15.8. The zero-order valence-electron chi connectivity index (χ0n) is 27.3. The molecule has 1 heterocycles. The van der Waals surface area contributed by atoms with Crippen molar-refractivity contribution in [2.75, 3.05) is 46.3 Å². The van der Waals surface area contributed by atoms with Crippen molar-refractivity contribution in [1.82, 2.24) is 10.2 Å². The number of morpholine rings is 1. The Morgan fingerprint density at radius 3 is 2.37 bits per heavy atom. The number of ether oxygens (including phenoxy) is 4. The second-order valence-corrected chi connectivity index (χ2v) is 12.0. The van der Waals surface area contributed by atoms with Crippen molar-refractivity contribution >= 4 is 17.5 Å². The Bertz CT molecular complexity index is 1640. The molecule has 2 amide bonds. The third-order valence-corrected chi connectivity index (χ3v) is 8.71. The first-order valence-electron chi connectivity index (χ1n) is 15.7. The highest BCUT2D eigenvalue weighted by Crippen LogP contribution is 2.50. The van der Waals surface area contributed by atoms with Crippen LogP contribution in [0.25, 0.3) is 11.1 Å². The predicted octanol–water partition coefficient (Wildman–Crippen LogP) is 4.90. The molecule has 244 valence electrons. The Labute approximate surface area is 270 Å². The maximum atomic E-state index is 14.0. The number of benzene rings is 2. The average Bonchev–Trinajstić information content (AvgIpc) is 3.30. The molecule has 0 radical (unpaired) electrons. The molecule has 2 aliphatic rings. The van der Waals surface area contributed by atoms with Crippen molar-refractivity contribution in [2.45, 2.75) is 51.8 Å². The van der Waals surface area contributed by atoms with E-state index in [1.54, 1.807) is 33.5 Å². The van der Waals surface area contributed by atoms with Gasteiger partial charge in [-0.15, -0.1) is 0 Å². The van der Waals surface area contributed by atoms with Gasteiger partial charge in [0.2, 0.25) is 23.0 Å². The Morgan fingerprint density at radius 1 is 0.978 bits per heavy atom. The summed E-state index contributed by atoms with van der Waals surface area (Å²) in [5.74, 6) is 1.03. The second kappa shape index (κ2) is 14.2. The molecular weight excluding hydrogens is 586 g/mol. The molecule has 2 N–H and O–H groups in total. The van der Waals surface area contributed by atoms with Crippen LogP contribution in [0.5, 0.6) is 17.2 Å². The molecule has 1 aliphatic heterocycles. The van der Waals surface area contributed by atoms with Crippen LogP contribution in [0.4, 0.5) is 5.69 Å². The van der Waals surface area contributed by atoms with E-state index < -0.39 is 12.1 Å². The van der Waals surface area contributed by atoms with Crippen molar-refractivity contribution in [1.29, 1.82) is 0 Å². The van der Waals surface area contributed by atoms with E-state index in [0.717, 1.165) is 22.3 Å². The molecule has 10 heteroatoms. The van der Waals surface area contributed by atoms with Gasteiger partial charge in [-0.05, 0) is 59.2 Å². The fraction of sp³-hybridized carbons (Fsp3) is 0.417. The number of hydrogen-bond donors (Lipinski definition) is 2. The number of nitrogens with one attached hydrogen (secondary N) is 2. The van der Waals surface area contributed by atoms with Crippen molar-refractivity contribution < 1.29 is 28.5 Å². The molecule has 0 unspecified atom stereocenters. The van der Waals surface area contributed by atoms with Crippen molar-refractivity contribution in [3.63, 3.8) is 0 Å². The van der Waals surface area contributed by atoms with Gasteiger partial charge in [-0.25, -0.2) is 0 Å². The Hall–Kier alpha value is -4.57. The largest absolute Gasteiger partial charge is 0.493 e. The molecule has 5 rings (SSSR count). The van der Waals surface area contributed by atoms with E-state index in [2.05, 4.69) is 10.6 Å². The third kappa shape index (κ3) is 6.67. The lowest BCUT2D eigenvalue weighted by Gasteiger charge is -2.36. The second-order valence-electron chi connectivity index (χ2n) is 12.0. The van der Waals surface area contributed by atoms with Crippen LogP contribution >= 0.6 is 0 Å². The van der Waals surface area contributed by atoms with Crippen molar-refractivity contribution in [2.24, 2.45) is 5.92 Å². The lowest BCUT2D eigenvalue weighted by Crippen LogP contribution is -2.50. The summed E-state index contributed by atoms with van der Waals surface area (Å²) < 4.78 is 23.2. The van der Waals surface area contributed by atoms with Crippen LogP contribution in [0.3, 0.4) is 0 Å². The van der Waals surface area contributed by atoms with Gasteiger partial charge in [-0.1, -0.05) is 50.2 Å². The quantitative estimate of drug-likeness (QED) is 0.344. The van der Waals surface area contributed by atoms with Crippen LogP contribution in [0, 0.1) is 5.92 Å². The molecule has 3 aromatic carbocycles. The van der Waals surface area contributed by atoms with Gasteiger partial charge in [-0.3, -0.25) is 14.4 Å². The van der Waals surface area contributed by atoms with Gasteiger partial charge in [0, 0.05) is 19.0 Å². The van der Waals surface area contributed by atoms with E-state index >= 15 is 0 Å². The summed E-state index contributed by atoms with van der Waals surface area (Å²) >= 11 is 0. The maximum Gasteiger partial charge on any atom is 0.245 e. The number of anilines is 1. The van der Waals surface area contributed by atoms with E-state index in [0.29, 0.717) is 55.4 Å². The number of hydrogen-bond acceptors (Lipinski definition) is 8. The van der Waals surface area contributed by atoms with Crippen LogP contribution in [0.2, 0.25) is 0 Å². The van der Waals surface area contributed by atoms with E-state index in [1.807, 2.05) is 61.2 Å². The van der Waals surface area contributed by atoms with E-state index in [9.17, 15) is 14.4 Å². The highest BCUT2D eigenvalue weighted by atomic mass is 16.5. The molecule has 0 spiro atoms. The summed E-state index contributed by atoms with van der Waals surface area (Å²) in [7, 11) is 4.68. The molecule has 1 saturated heterocycles. The third-order valence-electron chi connectivity index (χ3n) is 8.71. The lowest BCUT2D eigenvalue weighted by molar-refractivity contribution is -0.140. The minimum Gasteiger partial charge on any atom is -0.493 e. The number of methoxy groups -OCH3 is 3. The lowest BCUT2D eigenvalue weighted by atomic mass is 9.95. The van der Waals surface area contributed by atoms with E-state index in [1.165, 1.54) is 6.92 Å². The number of fused-ring (bicyclic) bond motifs is 3. The zero-order valence-corrected chi connectivity index (χ0v) is 27.3. The maximum absolute atomic E-state index is 14.0. The topological polar surface area (TPSA) is 115 Å². The molecule has 3 aromatic rings. The molecule has 3 atom stereocenters. The highest BCUT2D eigenvalue weighted by molar-refractivity contribution is 5.86. The van der Waals surface area contributed by atoms with Crippen LogP contribution in [-0.2, 0) is 20.7 Å². The zero-order chi connectivity index (χ0) is 33.0. The first kappa shape index (κ1) is 32.8. The van der Waals surface area contributed by atoms with Gasteiger partial charge in [0.1, 0.15) is 12.1 Å². The number of nitrogens with zero attached hydrogens (tertiary/aromatic N) is 1. The summed E-state index contributed by atoms with van der Waals surface area (Å²) in [6.45, 7) is 6.70. The number of aryl methyl sites for hydroxylation is 1. The van der Waals surface area contributed by atoms with Crippen LogP contribution in [0.1, 0.15) is 56.0 Å². The van der Waals surface area contributed by atoms with Crippen LogP contribution < -0.4 is 30.3 Å². The standard InChI is InChI=1S/C36H43N3O7/c1-21(2)33(36(42)39-16-17-46-31(20-39)23-10-8-7-9-11-23)38-28-15-13-25-26(19-29(28)41)27(37-22(3)40)14-12-24-18-30(43-4)34(44-5)35(45-6)32(24)25/h7-11,13,15,18-19,21,27,31,33H,12,14,16-17,20H2,1-6H3,(H,37,40)(H,38,41)/t27-,31-,33-/m0/s1. The summed E-state index contributed by atoms with van der Waals surface area (Å²) in [5.41, 5.74) is 4.10. The van der Waals surface area contributed by atoms with Gasteiger partial charge in [0.25, 0.3) is 0 Å². The Kier molecular flexibility index (Phi) is 10.2. The van der Waals surface area contributed by atoms with Crippen LogP contribution in [0.15, 0.2) is 59.4 Å². The summed E-state index contributed by atoms with van der Waals surface area (Å²) in [6.07, 6.45) is 0.933. The predicted molar refractivity (Wildman–Crippen MR) is 177 cm³/mol. The average molecular weight is 630 g/mol. The van der Waals surface area contributed by atoms with Gasteiger partial charge in [0.15, 0.2) is 11.5 Å². The van der Waals surface area contributed by atoms with Gasteiger partial charge in [-0.2, -0.15) is 0 Å². The smallest absolute Gasteiger partial charge is 0.245 e. The molecule has 10 nitrogen and oxygen atoms in total. The number of rotatable bonds is 9. The molecule has 0 bridgehead atoms. The summed E-state index contributed by atoms with van der Waals surface area (Å²) in [5, 5.41) is 6.33. The fourth-order valence-corrected chi connectivity index (χ4v) is 6.42. The minimum absolute atomic E-state index is 0.0910.